The second kappa shape index (κ2) is 7.93. The summed E-state index contributed by atoms with van der Waals surface area (Å²) in [7, 11) is 0. The van der Waals surface area contributed by atoms with Crippen LogP contribution in [0.3, 0.4) is 0 Å². The Bertz CT molecular complexity index is 841. The van der Waals surface area contributed by atoms with E-state index in [4.69, 9.17) is 17.0 Å². The van der Waals surface area contributed by atoms with Crippen molar-refractivity contribution in [3.05, 3.63) is 94.3 Å². The van der Waals surface area contributed by atoms with Gasteiger partial charge in [-0.05, 0) is 30.5 Å². The van der Waals surface area contributed by atoms with E-state index in [0.29, 0.717) is 6.61 Å². The molecule has 0 amide bonds. The molecule has 0 fully saturated rings. The molecule has 2 nitrogen and oxygen atoms in total. The van der Waals surface area contributed by atoms with Gasteiger partial charge in [0, 0.05) is 12.7 Å². The molecular weight excluding hydrogens is 314 g/mol. The molecule has 0 bridgehead atoms. The van der Waals surface area contributed by atoms with Crippen molar-refractivity contribution in [2.45, 2.75) is 26.5 Å². The predicted molar refractivity (Wildman–Crippen MR) is 101 cm³/mol. The first-order valence-corrected chi connectivity index (χ1v) is 8.55. The predicted octanol–water partition coefficient (Wildman–Crippen LogP) is 5.35. The normalized spacial score (nSPS) is 10.5. The Morgan fingerprint density at radius 3 is 2.17 bits per heavy atom. The van der Waals surface area contributed by atoms with Gasteiger partial charge < -0.3 is 9.30 Å². The van der Waals surface area contributed by atoms with Crippen molar-refractivity contribution in [3.63, 3.8) is 0 Å². The Morgan fingerprint density at radius 1 is 0.875 bits per heavy atom. The second-order valence-electron chi connectivity index (χ2n) is 5.80. The van der Waals surface area contributed by atoms with Crippen LogP contribution in [-0.4, -0.2) is 4.57 Å². The molecule has 3 heteroatoms. The summed E-state index contributed by atoms with van der Waals surface area (Å²) in [6.45, 7) is 3.52. The Labute approximate surface area is 148 Å². The first-order chi connectivity index (χ1) is 11.7. The number of hydrogen-bond donors (Lipinski definition) is 0. The van der Waals surface area contributed by atoms with Gasteiger partial charge in [-0.15, -0.1) is 0 Å². The van der Waals surface area contributed by atoms with Crippen LogP contribution in [0.25, 0.3) is 0 Å². The molecule has 0 aliphatic heterocycles. The van der Waals surface area contributed by atoms with Crippen LogP contribution in [0.15, 0.2) is 72.9 Å². The molecule has 2 aromatic carbocycles. The van der Waals surface area contributed by atoms with E-state index in [1.165, 1.54) is 5.56 Å². The molecule has 0 radical (unpaired) electrons. The molecule has 3 aromatic rings. The van der Waals surface area contributed by atoms with Crippen LogP contribution < -0.4 is 4.74 Å². The van der Waals surface area contributed by atoms with Crippen molar-refractivity contribution in [1.82, 2.24) is 4.57 Å². The van der Waals surface area contributed by atoms with Crippen LogP contribution in [0.1, 0.15) is 16.8 Å². The lowest BCUT2D eigenvalue weighted by atomic mass is 10.1. The first-order valence-electron chi connectivity index (χ1n) is 8.15. The Hall–Kier alpha value is -2.39. The quantitative estimate of drug-likeness (QED) is 0.564. The molecule has 0 N–H and O–H groups in total. The van der Waals surface area contributed by atoms with Gasteiger partial charge in [0.1, 0.15) is 6.61 Å². The van der Waals surface area contributed by atoms with Crippen LogP contribution in [0, 0.1) is 11.4 Å². The maximum absolute atomic E-state index is 6.02. The van der Waals surface area contributed by atoms with Crippen LogP contribution >= 0.6 is 12.2 Å². The van der Waals surface area contributed by atoms with Crippen molar-refractivity contribution in [2.75, 3.05) is 0 Å². The fourth-order valence-corrected chi connectivity index (χ4v) is 2.96. The van der Waals surface area contributed by atoms with Gasteiger partial charge >= 0.3 is 0 Å². The highest BCUT2D eigenvalue weighted by atomic mass is 32.1. The van der Waals surface area contributed by atoms with Gasteiger partial charge in [0.2, 0.25) is 0 Å². The molecular formula is C21H21NOS. The standard InChI is InChI=1S/C21H21NOS/c1-17-21(23-16-19-10-6-3-7-11-19)20(24)13-15-22(17)14-12-18-8-4-2-5-9-18/h2-11,13,15H,12,14,16H2,1H3. The molecule has 122 valence electrons. The number of rotatable bonds is 6. The third kappa shape index (κ3) is 4.12. The minimum atomic E-state index is 0.536. The number of nitrogens with zero attached hydrogens (tertiary/aromatic N) is 1. The molecule has 24 heavy (non-hydrogen) atoms. The topological polar surface area (TPSA) is 14.2 Å². The van der Waals surface area contributed by atoms with Crippen molar-refractivity contribution < 1.29 is 4.74 Å². The summed E-state index contributed by atoms with van der Waals surface area (Å²) in [6.07, 6.45) is 3.04. The van der Waals surface area contributed by atoms with E-state index < -0.39 is 0 Å². The first kappa shape index (κ1) is 16.5. The minimum Gasteiger partial charge on any atom is -0.486 e. The monoisotopic (exact) mass is 335 g/mol. The zero-order valence-electron chi connectivity index (χ0n) is 13.8. The third-order valence-electron chi connectivity index (χ3n) is 4.10. The number of aryl methyl sites for hydroxylation is 2. The second-order valence-corrected chi connectivity index (χ2v) is 6.24. The van der Waals surface area contributed by atoms with E-state index in [9.17, 15) is 0 Å². The highest BCUT2D eigenvalue weighted by Crippen LogP contribution is 2.21. The van der Waals surface area contributed by atoms with E-state index in [0.717, 1.165) is 34.5 Å². The summed E-state index contributed by atoms with van der Waals surface area (Å²) in [5.41, 5.74) is 3.55. The van der Waals surface area contributed by atoms with Gasteiger partial charge in [-0.2, -0.15) is 0 Å². The molecule has 0 saturated carbocycles. The highest BCUT2D eigenvalue weighted by molar-refractivity contribution is 7.71. The van der Waals surface area contributed by atoms with Crippen molar-refractivity contribution in [3.8, 4) is 5.75 Å². The number of pyridine rings is 1. The summed E-state index contributed by atoms with van der Waals surface area (Å²) in [5.74, 6) is 0.810. The van der Waals surface area contributed by atoms with E-state index in [1.807, 2.05) is 30.3 Å². The van der Waals surface area contributed by atoms with E-state index >= 15 is 0 Å². The Kier molecular flexibility index (Phi) is 5.44. The fraction of sp³-hybridized carbons (Fsp3) is 0.190. The van der Waals surface area contributed by atoms with Gasteiger partial charge in [0.05, 0.1) is 10.2 Å². The van der Waals surface area contributed by atoms with Crippen molar-refractivity contribution >= 4 is 12.2 Å². The Morgan fingerprint density at radius 2 is 1.50 bits per heavy atom. The number of aromatic nitrogens is 1. The van der Waals surface area contributed by atoms with Crippen LogP contribution in [-0.2, 0) is 19.6 Å². The summed E-state index contributed by atoms with van der Waals surface area (Å²) in [4.78, 5) is 0. The lowest BCUT2D eigenvalue weighted by Gasteiger charge is -2.16. The number of benzene rings is 2. The number of ether oxygens (including phenoxy) is 1. The summed E-state index contributed by atoms with van der Waals surface area (Å²) < 4.78 is 9.00. The molecule has 0 aliphatic rings. The molecule has 0 saturated heterocycles. The molecule has 1 heterocycles. The maximum atomic E-state index is 6.02. The fourth-order valence-electron chi connectivity index (χ4n) is 2.70. The van der Waals surface area contributed by atoms with Crippen LogP contribution in [0.4, 0.5) is 0 Å². The van der Waals surface area contributed by atoms with E-state index in [-0.39, 0.29) is 0 Å². The molecule has 3 rings (SSSR count). The van der Waals surface area contributed by atoms with Gasteiger partial charge in [0.25, 0.3) is 0 Å². The largest absolute Gasteiger partial charge is 0.486 e. The summed E-state index contributed by atoms with van der Waals surface area (Å²) >= 11 is 5.45. The molecule has 0 unspecified atom stereocenters. The average molecular weight is 335 g/mol. The van der Waals surface area contributed by atoms with Crippen LogP contribution in [0.5, 0.6) is 5.75 Å². The highest BCUT2D eigenvalue weighted by Gasteiger charge is 2.07. The van der Waals surface area contributed by atoms with Gasteiger partial charge in [-0.1, -0.05) is 72.9 Å². The maximum Gasteiger partial charge on any atom is 0.156 e. The van der Waals surface area contributed by atoms with E-state index in [1.54, 1.807) is 0 Å². The van der Waals surface area contributed by atoms with Crippen molar-refractivity contribution in [2.24, 2.45) is 0 Å². The molecule has 0 spiro atoms. The third-order valence-corrected chi connectivity index (χ3v) is 4.42. The molecule has 0 aliphatic carbocycles. The zero-order chi connectivity index (χ0) is 16.8. The van der Waals surface area contributed by atoms with Gasteiger partial charge in [0.15, 0.2) is 5.75 Å². The minimum absolute atomic E-state index is 0.536. The molecule has 1 aromatic heterocycles. The van der Waals surface area contributed by atoms with Crippen molar-refractivity contribution in [1.29, 1.82) is 0 Å². The SMILES string of the molecule is Cc1c(OCc2ccccc2)c(=S)ccn1CCc1ccccc1. The van der Waals surface area contributed by atoms with Crippen LogP contribution in [0.2, 0.25) is 0 Å². The lowest BCUT2D eigenvalue weighted by Crippen LogP contribution is -2.08. The Balaban J connectivity index is 1.73. The summed E-state index contributed by atoms with van der Waals surface area (Å²) in [6, 6.07) is 22.6. The lowest BCUT2D eigenvalue weighted by molar-refractivity contribution is 0.298. The van der Waals surface area contributed by atoms with Gasteiger partial charge in [-0.25, -0.2) is 0 Å². The van der Waals surface area contributed by atoms with E-state index in [2.05, 4.69) is 54.1 Å². The zero-order valence-corrected chi connectivity index (χ0v) is 14.6. The number of hydrogen-bond acceptors (Lipinski definition) is 2. The molecule has 0 atom stereocenters. The smallest absolute Gasteiger partial charge is 0.156 e. The average Bonchev–Trinajstić information content (AvgIpc) is 2.63. The summed E-state index contributed by atoms with van der Waals surface area (Å²) in [5, 5.41) is 0. The van der Waals surface area contributed by atoms with Gasteiger partial charge in [-0.3, -0.25) is 0 Å².